The van der Waals surface area contributed by atoms with Crippen molar-refractivity contribution in [2.75, 3.05) is 13.1 Å². The number of benzene rings is 1. The molecule has 1 aromatic carbocycles. The summed E-state index contributed by atoms with van der Waals surface area (Å²) >= 11 is 7.35. The lowest BCUT2D eigenvalue weighted by Gasteiger charge is -2.34. The minimum absolute atomic E-state index is 0.389. The van der Waals surface area contributed by atoms with E-state index in [1.165, 1.54) is 22.5 Å². The van der Waals surface area contributed by atoms with E-state index in [0.717, 1.165) is 23.7 Å². The first kappa shape index (κ1) is 14.7. The van der Waals surface area contributed by atoms with Gasteiger partial charge in [0.25, 0.3) is 0 Å². The van der Waals surface area contributed by atoms with Crippen molar-refractivity contribution in [3.8, 4) is 0 Å². The number of nitrogens with zero attached hydrogens (tertiary/aromatic N) is 2. The number of nitrogens with one attached hydrogen (secondary N) is 1. The summed E-state index contributed by atoms with van der Waals surface area (Å²) < 4.78 is 1.28. The lowest BCUT2D eigenvalue weighted by molar-refractivity contribution is 0.303. The van der Waals surface area contributed by atoms with Gasteiger partial charge in [-0.25, -0.2) is 4.98 Å². The highest BCUT2D eigenvalue weighted by Gasteiger charge is 2.25. The van der Waals surface area contributed by atoms with Crippen molar-refractivity contribution in [3.63, 3.8) is 0 Å². The standard InChI is InChI=1S/C16H21N3S2/c1-11(2)17-16(20)19-9-5-6-12(10-19)15-18-13-7-3-4-8-14(13)21-15/h3-4,7-8,11-12H,5-6,9-10H2,1-2H3,(H,17,20)/t12-/m1/s1. The van der Waals surface area contributed by atoms with Crippen molar-refractivity contribution < 1.29 is 0 Å². The Hall–Kier alpha value is -1.20. The van der Waals surface area contributed by atoms with Crippen LogP contribution in [0, 0.1) is 0 Å². The van der Waals surface area contributed by atoms with E-state index in [1.54, 1.807) is 0 Å². The third-order valence-electron chi connectivity index (χ3n) is 3.78. The first-order valence-electron chi connectivity index (χ1n) is 7.54. The summed E-state index contributed by atoms with van der Waals surface area (Å²) in [5, 5.41) is 5.49. The number of para-hydroxylation sites is 1. The molecule has 5 heteroatoms. The van der Waals surface area contributed by atoms with Crippen LogP contribution in [-0.4, -0.2) is 34.1 Å². The van der Waals surface area contributed by atoms with E-state index < -0.39 is 0 Å². The van der Waals surface area contributed by atoms with Gasteiger partial charge in [-0.15, -0.1) is 11.3 Å². The predicted molar refractivity (Wildman–Crippen MR) is 94.0 cm³/mol. The van der Waals surface area contributed by atoms with Crippen LogP contribution in [0.4, 0.5) is 0 Å². The number of thiazole rings is 1. The van der Waals surface area contributed by atoms with Gasteiger partial charge in [-0.3, -0.25) is 0 Å². The van der Waals surface area contributed by atoms with Gasteiger partial charge in [0.1, 0.15) is 0 Å². The van der Waals surface area contributed by atoms with E-state index >= 15 is 0 Å². The van der Waals surface area contributed by atoms with Crippen molar-refractivity contribution in [2.24, 2.45) is 0 Å². The summed E-state index contributed by atoms with van der Waals surface area (Å²) in [4.78, 5) is 7.12. The fraction of sp³-hybridized carbons (Fsp3) is 0.500. The molecule has 1 aliphatic rings. The Bertz CT molecular complexity index is 602. The van der Waals surface area contributed by atoms with Gasteiger partial charge in [0, 0.05) is 25.0 Å². The summed E-state index contributed by atoms with van der Waals surface area (Å²) in [6.07, 6.45) is 2.39. The van der Waals surface area contributed by atoms with Crippen LogP contribution < -0.4 is 5.32 Å². The Labute approximate surface area is 135 Å². The van der Waals surface area contributed by atoms with E-state index in [1.807, 2.05) is 11.3 Å². The van der Waals surface area contributed by atoms with E-state index in [-0.39, 0.29) is 0 Å². The monoisotopic (exact) mass is 319 g/mol. The molecule has 0 amide bonds. The molecule has 0 spiro atoms. The molecule has 2 heterocycles. The molecule has 1 fully saturated rings. The highest BCUT2D eigenvalue weighted by Crippen LogP contribution is 2.32. The van der Waals surface area contributed by atoms with Crippen LogP contribution in [0.5, 0.6) is 0 Å². The highest BCUT2D eigenvalue weighted by atomic mass is 32.1. The number of rotatable bonds is 2. The van der Waals surface area contributed by atoms with Crippen LogP contribution in [0.1, 0.15) is 37.6 Å². The quantitative estimate of drug-likeness (QED) is 0.853. The maximum atomic E-state index is 5.52. The smallest absolute Gasteiger partial charge is 0.169 e. The number of fused-ring (bicyclic) bond motifs is 1. The van der Waals surface area contributed by atoms with Crippen molar-refractivity contribution in [1.82, 2.24) is 15.2 Å². The Balaban J connectivity index is 1.74. The van der Waals surface area contributed by atoms with Gasteiger partial charge >= 0.3 is 0 Å². The van der Waals surface area contributed by atoms with Gasteiger partial charge in [-0.05, 0) is 51.0 Å². The lowest BCUT2D eigenvalue weighted by Crippen LogP contribution is -2.46. The Morgan fingerprint density at radius 1 is 1.43 bits per heavy atom. The van der Waals surface area contributed by atoms with Crippen LogP contribution in [0.3, 0.4) is 0 Å². The van der Waals surface area contributed by atoms with Gasteiger partial charge in [0.2, 0.25) is 0 Å². The van der Waals surface area contributed by atoms with E-state index in [0.29, 0.717) is 12.0 Å². The number of likely N-dealkylation sites (tertiary alicyclic amines) is 1. The third kappa shape index (κ3) is 3.35. The van der Waals surface area contributed by atoms with E-state index in [4.69, 9.17) is 17.2 Å². The second-order valence-electron chi connectivity index (χ2n) is 5.91. The molecule has 0 radical (unpaired) electrons. The zero-order chi connectivity index (χ0) is 14.8. The topological polar surface area (TPSA) is 28.2 Å². The minimum Gasteiger partial charge on any atom is -0.360 e. The maximum absolute atomic E-state index is 5.52. The molecule has 3 rings (SSSR count). The van der Waals surface area contributed by atoms with Crippen LogP contribution in [0.2, 0.25) is 0 Å². The Morgan fingerprint density at radius 3 is 3.00 bits per heavy atom. The van der Waals surface area contributed by atoms with Crippen LogP contribution in [0.25, 0.3) is 10.2 Å². The summed E-state index contributed by atoms with van der Waals surface area (Å²) in [5.74, 6) is 0.503. The summed E-state index contributed by atoms with van der Waals surface area (Å²) in [6, 6.07) is 8.78. The Morgan fingerprint density at radius 2 is 2.24 bits per heavy atom. The molecule has 1 saturated heterocycles. The van der Waals surface area contributed by atoms with Crippen molar-refractivity contribution >= 4 is 38.9 Å². The van der Waals surface area contributed by atoms with Gasteiger partial charge in [0.05, 0.1) is 15.2 Å². The Kier molecular flexibility index (Phi) is 4.40. The minimum atomic E-state index is 0.389. The molecule has 1 atom stereocenters. The summed E-state index contributed by atoms with van der Waals surface area (Å²) in [7, 11) is 0. The van der Waals surface area contributed by atoms with E-state index in [2.05, 4.69) is 48.3 Å². The first-order valence-corrected chi connectivity index (χ1v) is 8.77. The fourth-order valence-corrected chi connectivity index (χ4v) is 4.26. The van der Waals surface area contributed by atoms with Gasteiger partial charge in [-0.2, -0.15) is 0 Å². The molecule has 3 nitrogen and oxygen atoms in total. The van der Waals surface area contributed by atoms with Crippen LogP contribution >= 0.6 is 23.6 Å². The second-order valence-corrected chi connectivity index (χ2v) is 7.36. The fourth-order valence-electron chi connectivity index (χ4n) is 2.77. The molecule has 0 saturated carbocycles. The van der Waals surface area contributed by atoms with Crippen molar-refractivity contribution in [3.05, 3.63) is 29.3 Å². The first-order chi connectivity index (χ1) is 10.1. The SMILES string of the molecule is CC(C)NC(=S)N1CCC[C@@H](c2nc3ccccc3s2)C1. The number of aromatic nitrogens is 1. The molecular formula is C16H21N3S2. The zero-order valence-corrected chi connectivity index (χ0v) is 14.1. The third-order valence-corrected chi connectivity index (χ3v) is 5.36. The van der Waals surface area contributed by atoms with E-state index in [9.17, 15) is 0 Å². The number of hydrogen-bond acceptors (Lipinski definition) is 3. The maximum Gasteiger partial charge on any atom is 0.169 e. The molecule has 0 unspecified atom stereocenters. The number of piperidine rings is 1. The lowest BCUT2D eigenvalue weighted by atomic mass is 9.99. The van der Waals surface area contributed by atoms with Gasteiger partial charge in [-0.1, -0.05) is 12.1 Å². The van der Waals surface area contributed by atoms with Crippen molar-refractivity contribution in [2.45, 2.75) is 38.6 Å². The van der Waals surface area contributed by atoms with Gasteiger partial charge in [0.15, 0.2) is 5.11 Å². The molecular weight excluding hydrogens is 298 g/mol. The molecule has 0 bridgehead atoms. The average molecular weight is 319 g/mol. The molecule has 112 valence electrons. The van der Waals surface area contributed by atoms with Crippen LogP contribution in [0.15, 0.2) is 24.3 Å². The van der Waals surface area contributed by atoms with Crippen LogP contribution in [-0.2, 0) is 0 Å². The molecule has 1 aromatic heterocycles. The molecule has 1 aliphatic heterocycles. The molecule has 2 aromatic rings. The zero-order valence-electron chi connectivity index (χ0n) is 12.5. The largest absolute Gasteiger partial charge is 0.360 e. The molecule has 21 heavy (non-hydrogen) atoms. The average Bonchev–Trinajstić information content (AvgIpc) is 2.90. The van der Waals surface area contributed by atoms with Gasteiger partial charge < -0.3 is 10.2 Å². The summed E-state index contributed by atoms with van der Waals surface area (Å²) in [5.41, 5.74) is 1.12. The second kappa shape index (κ2) is 6.28. The predicted octanol–water partition coefficient (Wildman–Crippen LogP) is 3.76. The molecule has 0 aliphatic carbocycles. The summed E-state index contributed by atoms with van der Waals surface area (Å²) in [6.45, 7) is 6.29. The highest BCUT2D eigenvalue weighted by molar-refractivity contribution is 7.80. The van der Waals surface area contributed by atoms with Crippen molar-refractivity contribution in [1.29, 1.82) is 0 Å². The number of thiocarbonyl (C=S) groups is 1. The number of hydrogen-bond donors (Lipinski definition) is 1. The normalized spacial score (nSPS) is 19.2. The molecule has 1 N–H and O–H groups in total.